The molecule has 0 aliphatic heterocycles. The van der Waals surface area contributed by atoms with Gasteiger partial charge in [0.25, 0.3) is 5.91 Å². The lowest BCUT2D eigenvalue weighted by Gasteiger charge is -2.33. The molecule has 0 saturated carbocycles. The molecule has 1 N–H and O–H groups in total. The van der Waals surface area contributed by atoms with Gasteiger partial charge in [0.05, 0.1) is 0 Å². The van der Waals surface area contributed by atoms with Crippen molar-refractivity contribution in [2.24, 2.45) is 5.92 Å². The number of carbonyl (C=O) groups is 1. The molecule has 2 aromatic carbocycles. The molecule has 0 heterocycles. The maximum Gasteiger partial charge on any atom is 0.254 e. The third kappa shape index (κ3) is 15.1. The highest BCUT2D eigenvalue weighted by molar-refractivity contribution is 5.94. The fourth-order valence-corrected chi connectivity index (χ4v) is 4.35. The van der Waals surface area contributed by atoms with E-state index in [1.165, 1.54) is 6.42 Å². The SMILES string of the molecule is C=C/C=C(\C=C)C(O)C#Cc1cccc(CN(C(=O)c2ccc(C)cc2)C(CC)CCN(C)CCC(C)C)c1.CC.CC. The van der Waals surface area contributed by atoms with Crippen LogP contribution in [0.1, 0.15) is 94.8 Å². The first kappa shape index (κ1) is 39.6. The molecule has 43 heavy (non-hydrogen) atoms. The molecule has 2 unspecified atom stereocenters. The second-order valence-corrected chi connectivity index (χ2v) is 10.6. The summed E-state index contributed by atoms with van der Waals surface area (Å²) in [6, 6.07) is 15.8. The third-order valence-electron chi connectivity index (χ3n) is 6.90. The van der Waals surface area contributed by atoms with E-state index in [0.717, 1.165) is 42.6 Å². The Morgan fingerprint density at radius 1 is 1.00 bits per heavy atom. The molecule has 0 bridgehead atoms. The lowest BCUT2D eigenvalue weighted by Crippen LogP contribution is -2.41. The minimum absolute atomic E-state index is 0.0452. The van der Waals surface area contributed by atoms with Crippen molar-refractivity contribution in [3.05, 3.63) is 108 Å². The van der Waals surface area contributed by atoms with Crippen molar-refractivity contribution < 1.29 is 9.90 Å². The molecule has 2 rings (SSSR count). The van der Waals surface area contributed by atoms with Crippen molar-refractivity contribution in [2.45, 2.75) is 93.3 Å². The minimum atomic E-state index is -0.944. The van der Waals surface area contributed by atoms with Gasteiger partial charge in [0.15, 0.2) is 0 Å². The summed E-state index contributed by atoms with van der Waals surface area (Å²) >= 11 is 0. The predicted octanol–water partition coefficient (Wildman–Crippen LogP) is 8.85. The van der Waals surface area contributed by atoms with Crippen LogP contribution in [0.5, 0.6) is 0 Å². The Morgan fingerprint density at radius 3 is 2.19 bits per heavy atom. The molecule has 0 aliphatic rings. The van der Waals surface area contributed by atoms with Gasteiger partial charge in [0.2, 0.25) is 0 Å². The molecule has 0 aromatic heterocycles. The van der Waals surface area contributed by atoms with Crippen molar-refractivity contribution in [1.82, 2.24) is 9.80 Å². The van der Waals surface area contributed by atoms with Crippen LogP contribution in [0.2, 0.25) is 0 Å². The van der Waals surface area contributed by atoms with Crippen molar-refractivity contribution in [2.75, 3.05) is 20.1 Å². The first-order valence-electron chi connectivity index (χ1n) is 16.0. The van der Waals surface area contributed by atoms with E-state index in [4.69, 9.17) is 0 Å². The second-order valence-electron chi connectivity index (χ2n) is 10.6. The van der Waals surface area contributed by atoms with E-state index in [-0.39, 0.29) is 11.9 Å². The summed E-state index contributed by atoms with van der Waals surface area (Å²) in [6.07, 6.45) is 6.89. The Kier molecular flexibility index (Phi) is 21.3. The van der Waals surface area contributed by atoms with E-state index < -0.39 is 6.10 Å². The topological polar surface area (TPSA) is 43.8 Å². The van der Waals surface area contributed by atoms with Gasteiger partial charge in [-0.3, -0.25) is 4.79 Å². The van der Waals surface area contributed by atoms with Gasteiger partial charge >= 0.3 is 0 Å². The number of allylic oxidation sites excluding steroid dienone is 2. The van der Waals surface area contributed by atoms with Gasteiger partial charge in [-0.25, -0.2) is 0 Å². The molecule has 1 amide bonds. The number of hydrogen-bond acceptors (Lipinski definition) is 3. The molecule has 0 saturated heterocycles. The summed E-state index contributed by atoms with van der Waals surface area (Å²) in [4.78, 5) is 18.2. The standard InChI is InChI=1S/C35H46N2O2.2C2H6/c1-8-12-31(9-2)34(38)20-17-29-13-11-14-30(25-29)26-37(35(39)32-18-15-28(6)16-19-32)33(10-3)22-24-36(7)23-21-27(4)5;2*1-2/h8-9,11-16,18-19,25,27,33-34,38H,1-2,10,21-24,26H2,3-7H3;2*1-2H3/b31-12+;;. The molecule has 236 valence electrons. The number of aliphatic hydroxyl groups is 1. The summed E-state index contributed by atoms with van der Waals surface area (Å²) in [5.41, 5.74) is 4.24. The zero-order valence-electron chi connectivity index (χ0n) is 28.5. The molecule has 2 aromatic rings. The lowest BCUT2D eigenvalue weighted by molar-refractivity contribution is 0.0633. The monoisotopic (exact) mass is 586 g/mol. The van der Waals surface area contributed by atoms with Crippen LogP contribution in [0.15, 0.2) is 85.5 Å². The molecule has 0 fully saturated rings. The zero-order valence-corrected chi connectivity index (χ0v) is 28.5. The van der Waals surface area contributed by atoms with Crippen molar-refractivity contribution >= 4 is 5.91 Å². The van der Waals surface area contributed by atoms with E-state index in [9.17, 15) is 9.90 Å². The number of aliphatic hydroxyl groups excluding tert-OH is 1. The van der Waals surface area contributed by atoms with Crippen molar-refractivity contribution in [3.63, 3.8) is 0 Å². The van der Waals surface area contributed by atoms with E-state index in [1.54, 1.807) is 18.2 Å². The van der Waals surface area contributed by atoms with Crippen LogP contribution in [-0.2, 0) is 6.54 Å². The lowest BCUT2D eigenvalue weighted by atomic mass is 10.0. The summed E-state index contributed by atoms with van der Waals surface area (Å²) in [5, 5.41) is 10.4. The van der Waals surface area contributed by atoms with Gasteiger partial charge < -0.3 is 14.9 Å². The Balaban J connectivity index is 0.00000422. The number of nitrogens with zero attached hydrogens (tertiary/aromatic N) is 2. The van der Waals surface area contributed by atoms with Gasteiger partial charge in [-0.15, -0.1) is 0 Å². The summed E-state index contributed by atoms with van der Waals surface area (Å²) in [5.74, 6) is 6.68. The Hall–Kier alpha value is -3.39. The number of amides is 1. The van der Waals surface area contributed by atoms with E-state index in [0.29, 0.717) is 23.6 Å². The minimum Gasteiger partial charge on any atom is -0.376 e. The van der Waals surface area contributed by atoms with Gasteiger partial charge in [0, 0.05) is 23.7 Å². The molecular weight excluding hydrogens is 528 g/mol. The zero-order chi connectivity index (χ0) is 32.8. The highest BCUT2D eigenvalue weighted by Gasteiger charge is 2.24. The number of benzene rings is 2. The fraction of sp³-hybridized carbons (Fsp3) is 0.462. The maximum absolute atomic E-state index is 13.8. The normalized spacial score (nSPS) is 12.0. The van der Waals surface area contributed by atoms with Crippen LogP contribution in [0.25, 0.3) is 0 Å². The maximum atomic E-state index is 13.8. The van der Waals surface area contributed by atoms with E-state index >= 15 is 0 Å². The van der Waals surface area contributed by atoms with Gasteiger partial charge in [-0.05, 0) is 87.6 Å². The number of aryl methyl sites for hydroxylation is 1. The van der Waals surface area contributed by atoms with Crippen molar-refractivity contribution in [3.8, 4) is 11.8 Å². The average molecular weight is 587 g/mol. The molecule has 2 atom stereocenters. The molecule has 4 heteroatoms. The van der Waals surface area contributed by atoms with Crippen LogP contribution in [0.3, 0.4) is 0 Å². The van der Waals surface area contributed by atoms with Crippen LogP contribution >= 0.6 is 0 Å². The fourth-order valence-electron chi connectivity index (χ4n) is 4.35. The quantitative estimate of drug-likeness (QED) is 0.178. The average Bonchev–Trinajstić information content (AvgIpc) is 3.03. The van der Waals surface area contributed by atoms with Gasteiger partial charge in [0.1, 0.15) is 6.10 Å². The number of rotatable bonds is 14. The van der Waals surface area contributed by atoms with Crippen LogP contribution in [-0.4, -0.2) is 53.1 Å². The number of hydrogen-bond donors (Lipinski definition) is 1. The summed E-state index contributed by atoms with van der Waals surface area (Å²) < 4.78 is 0. The molecule has 0 radical (unpaired) electrons. The van der Waals surface area contributed by atoms with E-state index in [1.807, 2.05) is 88.0 Å². The van der Waals surface area contributed by atoms with Crippen LogP contribution < -0.4 is 0 Å². The first-order chi connectivity index (χ1) is 20.7. The van der Waals surface area contributed by atoms with Crippen LogP contribution in [0.4, 0.5) is 0 Å². The largest absolute Gasteiger partial charge is 0.376 e. The van der Waals surface area contributed by atoms with Gasteiger partial charge in [-0.2, -0.15) is 0 Å². The first-order valence-corrected chi connectivity index (χ1v) is 16.0. The molecule has 0 aliphatic carbocycles. The van der Waals surface area contributed by atoms with Gasteiger partial charge in [-0.1, -0.05) is 122 Å². The molecule has 4 nitrogen and oxygen atoms in total. The Bertz CT molecular complexity index is 1170. The predicted molar refractivity (Wildman–Crippen MR) is 187 cm³/mol. The summed E-state index contributed by atoms with van der Waals surface area (Å²) in [6.45, 7) is 26.6. The smallest absolute Gasteiger partial charge is 0.254 e. The Labute approximate surface area is 264 Å². The Morgan fingerprint density at radius 2 is 1.63 bits per heavy atom. The number of carbonyl (C=O) groups excluding carboxylic acids is 1. The van der Waals surface area contributed by atoms with Crippen molar-refractivity contribution in [1.29, 1.82) is 0 Å². The highest BCUT2D eigenvalue weighted by atomic mass is 16.3. The molecule has 0 spiro atoms. The summed E-state index contributed by atoms with van der Waals surface area (Å²) in [7, 11) is 2.17. The third-order valence-corrected chi connectivity index (χ3v) is 6.90. The van der Waals surface area contributed by atoms with E-state index in [2.05, 4.69) is 57.7 Å². The highest BCUT2D eigenvalue weighted by Crippen LogP contribution is 2.20. The molecular formula is C39H58N2O2. The second kappa shape index (κ2) is 23.1. The van der Waals surface area contributed by atoms with Crippen LogP contribution in [0, 0.1) is 24.7 Å².